The summed E-state index contributed by atoms with van der Waals surface area (Å²) in [6.45, 7) is 4.03. The number of methoxy groups -OCH3 is 1. The molecule has 1 atom stereocenters. The summed E-state index contributed by atoms with van der Waals surface area (Å²) in [5.41, 5.74) is 7.42. The molecule has 1 aromatic heterocycles. The highest BCUT2D eigenvalue weighted by molar-refractivity contribution is 5.34. The van der Waals surface area contributed by atoms with Gasteiger partial charge in [0.1, 0.15) is 0 Å². The topological polar surface area (TPSA) is 51.4 Å². The molecule has 1 aliphatic heterocycles. The lowest BCUT2D eigenvalue weighted by Crippen LogP contribution is -2.21. The van der Waals surface area contributed by atoms with Crippen LogP contribution in [0.2, 0.25) is 0 Å². The van der Waals surface area contributed by atoms with Crippen molar-refractivity contribution in [3.8, 4) is 0 Å². The molecule has 1 aliphatic rings. The highest BCUT2D eigenvalue weighted by Crippen LogP contribution is 2.18. The maximum absolute atomic E-state index is 5.60. The van der Waals surface area contributed by atoms with Crippen molar-refractivity contribution in [2.24, 2.45) is 5.92 Å². The van der Waals surface area contributed by atoms with Crippen molar-refractivity contribution < 1.29 is 4.74 Å². The van der Waals surface area contributed by atoms with Crippen molar-refractivity contribution in [3.63, 3.8) is 0 Å². The normalized spacial score (nSPS) is 21.4. The van der Waals surface area contributed by atoms with Crippen LogP contribution in [0.5, 0.6) is 0 Å². The molecule has 4 heteroatoms. The molecule has 1 saturated heterocycles. The SMILES string of the molecule is COC[C@H]1CCN(Cc2ccc(N)cn2)C1. The fourth-order valence-corrected chi connectivity index (χ4v) is 2.19. The first-order valence-corrected chi connectivity index (χ1v) is 5.69. The van der Waals surface area contributed by atoms with E-state index in [1.807, 2.05) is 12.1 Å². The van der Waals surface area contributed by atoms with Crippen molar-refractivity contribution in [1.29, 1.82) is 0 Å². The molecule has 0 saturated carbocycles. The summed E-state index contributed by atoms with van der Waals surface area (Å²) in [5.74, 6) is 0.679. The molecule has 0 unspecified atom stereocenters. The van der Waals surface area contributed by atoms with Gasteiger partial charge >= 0.3 is 0 Å². The van der Waals surface area contributed by atoms with Gasteiger partial charge in [-0.3, -0.25) is 9.88 Å². The molecule has 1 aromatic rings. The Labute approximate surface area is 96.4 Å². The molecule has 2 rings (SSSR count). The molecule has 16 heavy (non-hydrogen) atoms. The number of hydrogen-bond acceptors (Lipinski definition) is 4. The molecule has 0 spiro atoms. The van der Waals surface area contributed by atoms with E-state index in [-0.39, 0.29) is 0 Å². The maximum atomic E-state index is 5.60. The quantitative estimate of drug-likeness (QED) is 0.828. The second-order valence-corrected chi connectivity index (χ2v) is 4.43. The Hall–Kier alpha value is -1.13. The van der Waals surface area contributed by atoms with E-state index >= 15 is 0 Å². The van der Waals surface area contributed by atoms with E-state index in [2.05, 4.69) is 9.88 Å². The summed E-state index contributed by atoms with van der Waals surface area (Å²) in [6, 6.07) is 3.91. The second kappa shape index (κ2) is 5.27. The van der Waals surface area contributed by atoms with Crippen LogP contribution in [-0.4, -0.2) is 36.7 Å². The lowest BCUT2D eigenvalue weighted by atomic mass is 10.1. The van der Waals surface area contributed by atoms with Gasteiger partial charge in [0, 0.05) is 20.2 Å². The van der Waals surface area contributed by atoms with Crippen LogP contribution in [-0.2, 0) is 11.3 Å². The summed E-state index contributed by atoms with van der Waals surface area (Å²) in [5, 5.41) is 0. The number of ether oxygens (including phenoxy) is 1. The number of hydrogen-bond donors (Lipinski definition) is 1. The molecule has 0 aromatic carbocycles. The number of likely N-dealkylation sites (tertiary alicyclic amines) is 1. The van der Waals surface area contributed by atoms with E-state index in [1.54, 1.807) is 13.3 Å². The van der Waals surface area contributed by atoms with Crippen LogP contribution in [0.4, 0.5) is 5.69 Å². The Morgan fingerprint density at radius 1 is 1.56 bits per heavy atom. The minimum Gasteiger partial charge on any atom is -0.397 e. The van der Waals surface area contributed by atoms with Gasteiger partial charge in [-0.05, 0) is 31.0 Å². The molecule has 0 aliphatic carbocycles. The van der Waals surface area contributed by atoms with Crippen LogP contribution >= 0.6 is 0 Å². The minimum absolute atomic E-state index is 0.679. The predicted octanol–water partition coefficient (Wildman–Crippen LogP) is 1.13. The summed E-state index contributed by atoms with van der Waals surface area (Å²) < 4.78 is 5.18. The standard InChI is InChI=1S/C12H19N3O/c1-16-9-10-4-5-15(7-10)8-12-3-2-11(13)6-14-12/h2-3,6,10H,4-5,7-9,13H2,1H3/t10-/m0/s1. The summed E-state index contributed by atoms with van der Waals surface area (Å²) in [4.78, 5) is 6.73. The number of pyridine rings is 1. The smallest absolute Gasteiger partial charge is 0.0545 e. The Morgan fingerprint density at radius 2 is 2.44 bits per heavy atom. The first-order chi connectivity index (χ1) is 7.78. The average molecular weight is 221 g/mol. The van der Waals surface area contributed by atoms with Gasteiger partial charge in [-0.1, -0.05) is 0 Å². The fraction of sp³-hybridized carbons (Fsp3) is 0.583. The molecule has 2 heterocycles. The lowest BCUT2D eigenvalue weighted by molar-refractivity contribution is 0.152. The van der Waals surface area contributed by atoms with Crippen LogP contribution < -0.4 is 5.73 Å². The molecule has 88 valence electrons. The van der Waals surface area contributed by atoms with Gasteiger partial charge < -0.3 is 10.5 Å². The molecular weight excluding hydrogens is 202 g/mol. The van der Waals surface area contributed by atoms with Crippen LogP contribution in [0.15, 0.2) is 18.3 Å². The molecule has 1 fully saturated rings. The summed E-state index contributed by atoms with van der Waals surface area (Å²) >= 11 is 0. The Bertz CT molecular complexity index is 326. The number of nitrogens with two attached hydrogens (primary N) is 1. The molecule has 0 amide bonds. The Kier molecular flexibility index (Phi) is 3.74. The lowest BCUT2D eigenvalue weighted by Gasteiger charge is -2.15. The number of anilines is 1. The molecule has 2 N–H and O–H groups in total. The summed E-state index contributed by atoms with van der Waals surface area (Å²) in [7, 11) is 1.77. The summed E-state index contributed by atoms with van der Waals surface area (Å²) in [6.07, 6.45) is 2.95. The van der Waals surface area contributed by atoms with E-state index in [4.69, 9.17) is 10.5 Å². The zero-order valence-corrected chi connectivity index (χ0v) is 9.72. The first-order valence-electron chi connectivity index (χ1n) is 5.69. The van der Waals surface area contributed by atoms with Gasteiger partial charge in [0.25, 0.3) is 0 Å². The third-order valence-corrected chi connectivity index (χ3v) is 3.01. The number of nitrogen functional groups attached to an aromatic ring is 1. The van der Waals surface area contributed by atoms with Gasteiger partial charge in [0.2, 0.25) is 0 Å². The largest absolute Gasteiger partial charge is 0.397 e. The predicted molar refractivity (Wildman–Crippen MR) is 63.9 cm³/mol. The average Bonchev–Trinajstić information content (AvgIpc) is 2.70. The molecular formula is C12H19N3O. The highest BCUT2D eigenvalue weighted by atomic mass is 16.5. The van der Waals surface area contributed by atoms with E-state index in [0.29, 0.717) is 5.92 Å². The third kappa shape index (κ3) is 2.93. The highest BCUT2D eigenvalue weighted by Gasteiger charge is 2.22. The van der Waals surface area contributed by atoms with E-state index < -0.39 is 0 Å². The van der Waals surface area contributed by atoms with E-state index in [1.165, 1.54) is 6.42 Å². The molecule has 4 nitrogen and oxygen atoms in total. The fourth-order valence-electron chi connectivity index (χ4n) is 2.19. The number of nitrogens with zero attached hydrogens (tertiary/aromatic N) is 2. The second-order valence-electron chi connectivity index (χ2n) is 4.43. The van der Waals surface area contributed by atoms with Crippen molar-refractivity contribution in [2.45, 2.75) is 13.0 Å². The van der Waals surface area contributed by atoms with Crippen LogP contribution in [0.25, 0.3) is 0 Å². The van der Waals surface area contributed by atoms with Crippen molar-refractivity contribution >= 4 is 5.69 Å². The monoisotopic (exact) mass is 221 g/mol. The van der Waals surface area contributed by atoms with Crippen LogP contribution in [0.1, 0.15) is 12.1 Å². The van der Waals surface area contributed by atoms with E-state index in [9.17, 15) is 0 Å². The van der Waals surface area contributed by atoms with Gasteiger partial charge in [0.05, 0.1) is 24.2 Å². The third-order valence-electron chi connectivity index (χ3n) is 3.01. The Balaban J connectivity index is 1.84. The van der Waals surface area contributed by atoms with Crippen molar-refractivity contribution in [2.75, 3.05) is 32.5 Å². The maximum Gasteiger partial charge on any atom is 0.0545 e. The zero-order chi connectivity index (χ0) is 11.4. The van der Waals surface area contributed by atoms with Gasteiger partial charge in [0.15, 0.2) is 0 Å². The van der Waals surface area contributed by atoms with E-state index in [0.717, 1.165) is 37.6 Å². The van der Waals surface area contributed by atoms with Gasteiger partial charge in [-0.2, -0.15) is 0 Å². The first kappa shape index (κ1) is 11.4. The van der Waals surface area contributed by atoms with Crippen molar-refractivity contribution in [1.82, 2.24) is 9.88 Å². The van der Waals surface area contributed by atoms with Crippen LogP contribution in [0, 0.1) is 5.92 Å². The van der Waals surface area contributed by atoms with Crippen LogP contribution in [0.3, 0.4) is 0 Å². The number of aromatic nitrogens is 1. The van der Waals surface area contributed by atoms with Gasteiger partial charge in [-0.15, -0.1) is 0 Å². The molecule has 0 bridgehead atoms. The minimum atomic E-state index is 0.679. The Morgan fingerprint density at radius 3 is 3.12 bits per heavy atom. The zero-order valence-electron chi connectivity index (χ0n) is 9.72. The van der Waals surface area contributed by atoms with Gasteiger partial charge in [-0.25, -0.2) is 0 Å². The molecule has 0 radical (unpaired) electrons. The number of rotatable bonds is 4. The van der Waals surface area contributed by atoms with Crippen molar-refractivity contribution in [3.05, 3.63) is 24.0 Å².